The lowest BCUT2D eigenvalue weighted by Crippen LogP contribution is -2.08. The van der Waals surface area contributed by atoms with Crippen LogP contribution in [0.25, 0.3) is 11.0 Å². The molecule has 0 aliphatic rings. The molecule has 3 rings (SSSR count). The van der Waals surface area contributed by atoms with Crippen molar-refractivity contribution in [3.8, 4) is 0 Å². The van der Waals surface area contributed by atoms with Crippen molar-refractivity contribution in [2.45, 2.75) is 6.54 Å². The number of nitrogens with one attached hydrogen (secondary N) is 1. The van der Waals surface area contributed by atoms with Crippen LogP contribution in [-0.2, 0) is 13.6 Å². The van der Waals surface area contributed by atoms with Crippen molar-refractivity contribution in [2.75, 3.05) is 5.32 Å². The first-order valence-electron chi connectivity index (χ1n) is 6.35. The summed E-state index contributed by atoms with van der Waals surface area (Å²) in [7, 11) is 1.83. The molecule has 0 saturated carbocycles. The molecular weight excluding hydrogens is 279 g/mol. The van der Waals surface area contributed by atoms with Crippen LogP contribution in [0.5, 0.6) is 0 Å². The summed E-state index contributed by atoms with van der Waals surface area (Å²) in [4.78, 5) is 4.39. The van der Waals surface area contributed by atoms with Crippen molar-refractivity contribution in [1.82, 2.24) is 9.55 Å². The summed E-state index contributed by atoms with van der Waals surface area (Å²) in [5, 5.41) is 2.67. The first-order valence-corrected chi connectivity index (χ1v) is 6.35. The number of aryl methyl sites for hydroxylation is 1. The summed E-state index contributed by atoms with van der Waals surface area (Å²) in [6.07, 6.45) is 0. The highest BCUT2D eigenvalue weighted by Crippen LogP contribution is 2.20. The number of benzene rings is 2. The minimum absolute atomic E-state index is 0.158. The van der Waals surface area contributed by atoms with Crippen molar-refractivity contribution < 1.29 is 13.2 Å². The second-order valence-electron chi connectivity index (χ2n) is 4.68. The van der Waals surface area contributed by atoms with Crippen LogP contribution in [0.1, 0.15) is 5.82 Å². The number of hydrogen-bond donors (Lipinski definition) is 1. The second-order valence-corrected chi connectivity index (χ2v) is 4.68. The molecule has 3 aromatic rings. The molecule has 0 unspecified atom stereocenters. The Morgan fingerprint density at radius 2 is 1.90 bits per heavy atom. The molecule has 0 fully saturated rings. The number of imidazole rings is 1. The van der Waals surface area contributed by atoms with E-state index in [9.17, 15) is 13.2 Å². The summed E-state index contributed by atoms with van der Waals surface area (Å²) < 4.78 is 41.7. The van der Waals surface area contributed by atoms with Crippen LogP contribution < -0.4 is 5.32 Å². The van der Waals surface area contributed by atoms with E-state index >= 15 is 0 Å². The van der Waals surface area contributed by atoms with Crippen molar-refractivity contribution in [3.63, 3.8) is 0 Å². The minimum atomic E-state index is -1.22. The van der Waals surface area contributed by atoms with Crippen LogP contribution in [-0.4, -0.2) is 9.55 Å². The average Bonchev–Trinajstić information content (AvgIpc) is 2.78. The molecule has 21 heavy (non-hydrogen) atoms. The van der Waals surface area contributed by atoms with E-state index in [2.05, 4.69) is 10.3 Å². The van der Waals surface area contributed by atoms with E-state index in [1.165, 1.54) is 0 Å². The molecule has 2 aromatic carbocycles. The summed E-state index contributed by atoms with van der Waals surface area (Å²) >= 11 is 0. The lowest BCUT2D eigenvalue weighted by atomic mass is 10.3. The fourth-order valence-corrected chi connectivity index (χ4v) is 2.21. The Balaban J connectivity index is 1.89. The molecule has 0 saturated heterocycles. The van der Waals surface area contributed by atoms with Gasteiger partial charge < -0.3 is 9.88 Å². The van der Waals surface area contributed by atoms with E-state index < -0.39 is 17.5 Å². The van der Waals surface area contributed by atoms with E-state index in [4.69, 9.17) is 0 Å². The zero-order chi connectivity index (χ0) is 15.0. The Labute approximate surface area is 119 Å². The second kappa shape index (κ2) is 5.12. The van der Waals surface area contributed by atoms with Gasteiger partial charge in [-0.15, -0.1) is 0 Å². The van der Waals surface area contributed by atoms with Gasteiger partial charge in [0.15, 0.2) is 11.6 Å². The third-order valence-electron chi connectivity index (χ3n) is 3.31. The summed E-state index contributed by atoms with van der Waals surface area (Å²) in [6.45, 7) is 0.158. The SMILES string of the molecule is Cn1c(CNc2cc(F)cc(F)c2F)nc2ccccc21. The minimum Gasteiger partial charge on any atom is -0.375 e. The third kappa shape index (κ3) is 2.44. The molecular formula is C15H12F3N3. The lowest BCUT2D eigenvalue weighted by molar-refractivity contribution is 0.497. The van der Waals surface area contributed by atoms with Crippen molar-refractivity contribution in [3.05, 3.63) is 59.7 Å². The fraction of sp³-hybridized carbons (Fsp3) is 0.133. The van der Waals surface area contributed by atoms with Gasteiger partial charge in [0.05, 0.1) is 23.3 Å². The number of para-hydroxylation sites is 2. The molecule has 1 aromatic heterocycles. The van der Waals surface area contributed by atoms with Crippen molar-refractivity contribution in [1.29, 1.82) is 0 Å². The van der Waals surface area contributed by atoms with Gasteiger partial charge in [-0.05, 0) is 12.1 Å². The first kappa shape index (κ1) is 13.5. The van der Waals surface area contributed by atoms with E-state index in [0.717, 1.165) is 17.1 Å². The highest BCUT2D eigenvalue weighted by molar-refractivity contribution is 5.75. The molecule has 108 valence electrons. The van der Waals surface area contributed by atoms with Gasteiger partial charge in [0.25, 0.3) is 0 Å². The number of hydrogen-bond acceptors (Lipinski definition) is 2. The van der Waals surface area contributed by atoms with Gasteiger partial charge >= 0.3 is 0 Å². The number of anilines is 1. The molecule has 0 amide bonds. The average molecular weight is 291 g/mol. The molecule has 0 aliphatic carbocycles. The highest BCUT2D eigenvalue weighted by atomic mass is 19.2. The lowest BCUT2D eigenvalue weighted by Gasteiger charge is -2.08. The molecule has 0 aliphatic heterocycles. The van der Waals surface area contributed by atoms with Gasteiger partial charge in [0.1, 0.15) is 11.6 Å². The zero-order valence-electron chi connectivity index (χ0n) is 11.2. The Morgan fingerprint density at radius 3 is 2.67 bits per heavy atom. The zero-order valence-corrected chi connectivity index (χ0v) is 11.2. The van der Waals surface area contributed by atoms with Crippen LogP contribution in [0.15, 0.2) is 36.4 Å². The van der Waals surface area contributed by atoms with Crippen LogP contribution >= 0.6 is 0 Å². The summed E-state index contributed by atoms with van der Waals surface area (Å²) in [5.74, 6) is -2.51. The molecule has 0 bridgehead atoms. The number of aromatic nitrogens is 2. The smallest absolute Gasteiger partial charge is 0.182 e. The number of nitrogens with zero attached hydrogens (tertiary/aromatic N) is 2. The molecule has 0 atom stereocenters. The number of halogens is 3. The predicted molar refractivity (Wildman–Crippen MR) is 74.4 cm³/mol. The Bertz CT molecular complexity index is 811. The van der Waals surface area contributed by atoms with Gasteiger partial charge in [-0.3, -0.25) is 0 Å². The quantitative estimate of drug-likeness (QED) is 0.747. The van der Waals surface area contributed by atoms with Gasteiger partial charge in [-0.1, -0.05) is 12.1 Å². The molecule has 1 N–H and O–H groups in total. The van der Waals surface area contributed by atoms with Gasteiger partial charge in [0, 0.05) is 19.2 Å². The first-order chi connectivity index (χ1) is 10.1. The molecule has 6 heteroatoms. The van der Waals surface area contributed by atoms with E-state index in [1.54, 1.807) is 0 Å². The Kier molecular flexibility index (Phi) is 3.29. The van der Waals surface area contributed by atoms with Crippen LogP contribution in [0.4, 0.5) is 18.9 Å². The molecule has 1 heterocycles. The van der Waals surface area contributed by atoms with E-state index in [0.29, 0.717) is 11.9 Å². The number of fused-ring (bicyclic) bond motifs is 1. The molecule has 3 nitrogen and oxygen atoms in total. The summed E-state index contributed by atoms with van der Waals surface area (Å²) in [6, 6.07) is 8.96. The fourth-order valence-electron chi connectivity index (χ4n) is 2.21. The molecule has 0 spiro atoms. The van der Waals surface area contributed by atoms with Crippen LogP contribution in [0, 0.1) is 17.5 Å². The Morgan fingerprint density at radius 1 is 1.14 bits per heavy atom. The Hall–Kier alpha value is -2.50. The largest absolute Gasteiger partial charge is 0.375 e. The van der Waals surface area contributed by atoms with Gasteiger partial charge in [-0.25, -0.2) is 18.2 Å². The van der Waals surface area contributed by atoms with Gasteiger partial charge in [-0.2, -0.15) is 0 Å². The maximum atomic E-state index is 13.6. The van der Waals surface area contributed by atoms with Crippen molar-refractivity contribution in [2.24, 2.45) is 7.05 Å². The normalized spacial score (nSPS) is 11.0. The van der Waals surface area contributed by atoms with E-state index in [-0.39, 0.29) is 12.2 Å². The number of rotatable bonds is 3. The van der Waals surface area contributed by atoms with Crippen LogP contribution in [0.3, 0.4) is 0 Å². The monoisotopic (exact) mass is 291 g/mol. The van der Waals surface area contributed by atoms with Gasteiger partial charge in [0.2, 0.25) is 0 Å². The van der Waals surface area contributed by atoms with Crippen molar-refractivity contribution >= 4 is 16.7 Å². The highest BCUT2D eigenvalue weighted by Gasteiger charge is 2.12. The van der Waals surface area contributed by atoms with E-state index in [1.807, 2.05) is 35.9 Å². The standard InChI is InChI=1S/C15H12F3N3/c1-21-13-5-3-2-4-11(13)20-14(21)8-19-12-7-9(16)6-10(17)15(12)18/h2-7,19H,8H2,1H3. The maximum absolute atomic E-state index is 13.6. The maximum Gasteiger partial charge on any atom is 0.182 e. The van der Waals surface area contributed by atoms with Crippen LogP contribution in [0.2, 0.25) is 0 Å². The predicted octanol–water partition coefficient (Wildman–Crippen LogP) is 3.60. The molecule has 0 radical (unpaired) electrons. The third-order valence-corrected chi connectivity index (χ3v) is 3.31. The topological polar surface area (TPSA) is 29.9 Å². The summed E-state index contributed by atoms with van der Waals surface area (Å²) in [5.41, 5.74) is 1.52.